The molecule has 0 spiro atoms. The predicted molar refractivity (Wildman–Crippen MR) is 76.3 cm³/mol. The fourth-order valence-corrected chi connectivity index (χ4v) is 3.02. The Morgan fingerprint density at radius 3 is 2.83 bits per heavy atom. The lowest BCUT2D eigenvalue weighted by Crippen LogP contribution is -2.37. The normalized spacial score (nSPS) is 22.1. The average Bonchev–Trinajstić information content (AvgIpc) is 2.66. The Labute approximate surface area is 115 Å². The molecule has 0 aliphatic heterocycles. The summed E-state index contributed by atoms with van der Waals surface area (Å²) in [7, 11) is 1.70. The highest BCUT2D eigenvalue weighted by molar-refractivity contribution is 6.30. The number of benzene rings is 1. The third-order valence-electron chi connectivity index (χ3n) is 4.04. The molecular formula is C15H22ClNO. The van der Waals surface area contributed by atoms with Crippen LogP contribution in [0.4, 0.5) is 0 Å². The van der Waals surface area contributed by atoms with E-state index in [0.717, 1.165) is 22.9 Å². The zero-order valence-electron chi connectivity index (χ0n) is 11.4. The standard InChI is InChI=1S/C15H22ClNO/c1-15(2)8-4-5-14(15)17-10-11-9-12(16)6-7-13(11)18-3/h6-7,9,14,17H,4-5,8,10H2,1-3H3. The molecular weight excluding hydrogens is 246 g/mol. The summed E-state index contributed by atoms with van der Waals surface area (Å²) in [5.41, 5.74) is 1.53. The van der Waals surface area contributed by atoms with E-state index in [4.69, 9.17) is 16.3 Å². The van der Waals surface area contributed by atoms with Crippen LogP contribution in [0.15, 0.2) is 18.2 Å². The van der Waals surface area contributed by atoms with E-state index in [0.29, 0.717) is 11.5 Å². The van der Waals surface area contributed by atoms with Crippen LogP contribution in [-0.2, 0) is 6.54 Å². The van der Waals surface area contributed by atoms with Crippen LogP contribution in [0, 0.1) is 5.41 Å². The fraction of sp³-hybridized carbons (Fsp3) is 0.600. The molecule has 1 aliphatic rings. The Hall–Kier alpha value is -0.730. The SMILES string of the molecule is COc1ccc(Cl)cc1CNC1CCCC1(C)C. The molecule has 1 fully saturated rings. The first-order valence-electron chi connectivity index (χ1n) is 6.59. The lowest BCUT2D eigenvalue weighted by Gasteiger charge is -2.28. The monoisotopic (exact) mass is 267 g/mol. The van der Waals surface area contributed by atoms with Gasteiger partial charge in [0, 0.05) is 23.2 Å². The van der Waals surface area contributed by atoms with Gasteiger partial charge in [-0.15, -0.1) is 0 Å². The summed E-state index contributed by atoms with van der Waals surface area (Å²) in [6, 6.07) is 6.36. The molecule has 2 rings (SSSR count). The lowest BCUT2D eigenvalue weighted by molar-refractivity contribution is 0.281. The Balaban J connectivity index is 2.04. The van der Waals surface area contributed by atoms with Crippen molar-refractivity contribution in [1.29, 1.82) is 0 Å². The topological polar surface area (TPSA) is 21.3 Å². The van der Waals surface area contributed by atoms with Gasteiger partial charge in [-0.2, -0.15) is 0 Å². The van der Waals surface area contributed by atoms with E-state index in [9.17, 15) is 0 Å². The minimum atomic E-state index is 0.395. The number of hydrogen-bond acceptors (Lipinski definition) is 2. The molecule has 1 aromatic rings. The third-order valence-corrected chi connectivity index (χ3v) is 4.27. The highest BCUT2D eigenvalue weighted by atomic mass is 35.5. The molecule has 18 heavy (non-hydrogen) atoms. The number of nitrogens with one attached hydrogen (secondary N) is 1. The second-order valence-electron chi connectivity index (χ2n) is 5.77. The molecule has 2 nitrogen and oxygen atoms in total. The van der Waals surface area contributed by atoms with Crippen molar-refractivity contribution in [2.24, 2.45) is 5.41 Å². The van der Waals surface area contributed by atoms with Crippen molar-refractivity contribution in [1.82, 2.24) is 5.32 Å². The lowest BCUT2D eigenvalue weighted by atomic mass is 9.87. The maximum atomic E-state index is 6.04. The number of halogens is 1. The molecule has 0 aromatic heterocycles. The van der Waals surface area contributed by atoms with Gasteiger partial charge in [0.15, 0.2) is 0 Å². The van der Waals surface area contributed by atoms with E-state index in [1.165, 1.54) is 19.3 Å². The minimum absolute atomic E-state index is 0.395. The van der Waals surface area contributed by atoms with Gasteiger partial charge in [0.2, 0.25) is 0 Å². The van der Waals surface area contributed by atoms with Crippen molar-refractivity contribution in [2.45, 2.75) is 45.7 Å². The highest BCUT2D eigenvalue weighted by Gasteiger charge is 2.33. The van der Waals surface area contributed by atoms with Gasteiger partial charge in [-0.05, 0) is 36.5 Å². The first-order valence-corrected chi connectivity index (χ1v) is 6.96. The molecule has 0 heterocycles. The number of ether oxygens (including phenoxy) is 1. The number of rotatable bonds is 4. The van der Waals surface area contributed by atoms with Gasteiger partial charge in [0.1, 0.15) is 5.75 Å². The van der Waals surface area contributed by atoms with Crippen molar-refractivity contribution >= 4 is 11.6 Å². The quantitative estimate of drug-likeness (QED) is 0.890. The second kappa shape index (κ2) is 5.50. The van der Waals surface area contributed by atoms with Crippen molar-refractivity contribution in [3.8, 4) is 5.75 Å². The molecule has 100 valence electrons. The van der Waals surface area contributed by atoms with Gasteiger partial charge in [0.25, 0.3) is 0 Å². The summed E-state index contributed by atoms with van der Waals surface area (Å²) < 4.78 is 5.37. The molecule has 3 heteroatoms. The van der Waals surface area contributed by atoms with E-state index < -0.39 is 0 Å². The number of hydrogen-bond donors (Lipinski definition) is 1. The zero-order chi connectivity index (χ0) is 13.2. The summed E-state index contributed by atoms with van der Waals surface area (Å²) in [6.45, 7) is 5.50. The largest absolute Gasteiger partial charge is 0.496 e. The smallest absolute Gasteiger partial charge is 0.123 e. The molecule has 1 unspecified atom stereocenters. The molecule has 0 radical (unpaired) electrons. The van der Waals surface area contributed by atoms with E-state index in [2.05, 4.69) is 19.2 Å². The van der Waals surface area contributed by atoms with Crippen LogP contribution in [0.2, 0.25) is 5.02 Å². The fourth-order valence-electron chi connectivity index (χ4n) is 2.82. The Bertz CT molecular complexity index is 417. The van der Waals surface area contributed by atoms with E-state index in [1.807, 2.05) is 18.2 Å². The Morgan fingerprint density at radius 2 is 2.22 bits per heavy atom. The summed E-state index contributed by atoms with van der Waals surface area (Å²) in [6.07, 6.45) is 3.88. The molecule has 1 aliphatic carbocycles. The van der Waals surface area contributed by atoms with Gasteiger partial charge in [-0.1, -0.05) is 31.9 Å². The van der Waals surface area contributed by atoms with Gasteiger partial charge in [-0.3, -0.25) is 0 Å². The van der Waals surface area contributed by atoms with Crippen LogP contribution in [0.3, 0.4) is 0 Å². The van der Waals surface area contributed by atoms with Gasteiger partial charge in [-0.25, -0.2) is 0 Å². The molecule has 1 atom stereocenters. The maximum absolute atomic E-state index is 6.04. The first kappa shape index (κ1) is 13.7. The van der Waals surface area contributed by atoms with Crippen LogP contribution in [0.1, 0.15) is 38.7 Å². The van der Waals surface area contributed by atoms with Crippen molar-refractivity contribution in [2.75, 3.05) is 7.11 Å². The van der Waals surface area contributed by atoms with Crippen molar-refractivity contribution in [3.05, 3.63) is 28.8 Å². The molecule has 0 saturated heterocycles. The van der Waals surface area contributed by atoms with Gasteiger partial charge >= 0.3 is 0 Å². The molecule has 1 N–H and O–H groups in total. The predicted octanol–water partition coefficient (Wildman–Crippen LogP) is 4.02. The average molecular weight is 268 g/mol. The minimum Gasteiger partial charge on any atom is -0.496 e. The molecule has 1 saturated carbocycles. The van der Waals surface area contributed by atoms with Gasteiger partial charge in [0.05, 0.1) is 7.11 Å². The van der Waals surface area contributed by atoms with E-state index >= 15 is 0 Å². The van der Waals surface area contributed by atoms with Crippen molar-refractivity contribution < 1.29 is 4.74 Å². The molecule has 0 bridgehead atoms. The maximum Gasteiger partial charge on any atom is 0.123 e. The summed E-state index contributed by atoms with van der Waals surface area (Å²) in [4.78, 5) is 0. The van der Waals surface area contributed by atoms with Crippen LogP contribution < -0.4 is 10.1 Å². The summed E-state index contributed by atoms with van der Waals surface area (Å²) >= 11 is 6.04. The first-order chi connectivity index (χ1) is 8.53. The van der Waals surface area contributed by atoms with Crippen LogP contribution in [0.5, 0.6) is 5.75 Å². The summed E-state index contributed by atoms with van der Waals surface area (Å²) in [5.74, 6) is 0.905. The molecule has 0 amide bonds. The Kier molecular flexibility index (Phi) is 4.18. The zero-order valence-corrected chi connectivity index (χ0v) is 12.2. The molecule has 1 aromatic carbocycles. The number of methoxy groups -OCH3 is 1. The Morgan fingerprint density at radius 1 is 1.44 bits per heavy atom. The van der Waals surface area contributed by atoms with Crippen LogP contribution in [-0.4, -0.2) is 13.2 Å². The third kappa shape index (κ3) is 2.99. The van der Waals surface area contributed by atoms with Gasteiger partial charge < -0.3 is 10.1 Å². The summed E-state index contributed by atoms with van der Waals surface area (Å²) in [5, 5.41) is 4.41. The van der Waals surface area contributed by atoms with Crippen LogP contribution in [0.25, 0.3) is 0 Å². The van der Waals surface area contributed by atoms with Crippen molar-refractivity contribution in [3.63, 3.8) is 0 Å². The van der Waals surface area contributed by atoms with E-state index in [-0.39, 0.29) is 0 Å². The van der Waals surface area contributed by atoms with E-state index in [1.54, 1.807) is 7.11 Å². The van der Waals surface area contributed by atoms with Crippen LogP contribution >= 0.6 is 11.6 Å². The second-order valence-corrected chi connectivity index (χ2v) is 6.21. The highest BCUT2D eigenvalue weighted by Crippen LogP contribution is 2.37.